The number of ether oxygens (including phenoxy) is 1. The third kappa shape index (κ3) is 6.44. The number of halogens is 1. The monoisotopic (exact) mass is 497 g/mol. The zero-order valence-corrected chi connectivity index (χ0v) is 20.0. The van der Waals surface area contributed by atoms with Gasteiger partial charge in [-0.2, -0.15) is 0 Å². The Hall–Kier alpha value is -3.14. The Morgan fingerprint density at radius 3 is 2.82 bits per heavy atom. The average Bonchev–Trinajstić information content (AvgIpc) is 3.26. The number of carbonyl (C=O) groups excluding carboxylic acids is 1. The first-order valence-corrected chi connectivity index (χ1v) is 12.0. The number of benzene rings is 1. The number of rotatable bonds is 9. The van der Waals surface area contributed by atoms with Gasteiger partial charge in [0.2, 0.25) is 0 Å². The largest absolute Gasteiger partial charge is 0.495 e. The van der Waals surface area contributed by atoms with Crippen molar-refractivity contribution in [2.75, 3.05) is 19.0 Å². The summed E-state index contributed by atoms with van der Waals surface area (Å²) in [6.07, 6.45) is 5.80. The molecule has 0 bridgehead atoms. The highest BCUT2D eigenvalue weighted by molar-refractivity contribution is 8.01. The molecule has 168 valence electrons. The van der Waals surface area contributed by atoms with Gasteiger partial charge in [-0.05, 0) is 48.4 Å². The molecular weight excluding hydrogens is 478 g/mol. The van der Waals surface area contributed by atoms with Gasteiger partial charge in [0.25, 0.3) is 5.91 Å². The fourth-order valence-corrected chi connectivity index (χ4v) is 5.07. The maximum Gasteiger partial charge on any atom is 0.269 e. The van der Waals surface area contributed by atoms with E-state index in [2.05, 4.69) is 25.6 Å². The van der Waals surface area contributed by atoms with Gasteiger partial charge in [-0.1, -0.05) is 46.8 Å². The predicted molar refractivity (Wildman–Crippen MR) is 132 cm³/mol. The fraction of sp³-hybridized carbons (Fsp3) is 0.130. The summed E-state index contributed by atoms with van der Waals surface area (Å²) in [5.41, 5.74) is 1.38. The molecule has 7 nitrogen and oxygen atoms in total. The standard InChI is InChI=1S/C23H20ClN5O2S2/c1-31-19-6-5-15(12-17(19)24)7-10-27-22(30)18-13-16(8-11-25-18)32-21-14-28-23(33-21)29-20-4-2-3-9-26-20/h2-6,8-9,11-14H,7,10H2,1H3,(H,27,30)(H,26,28,29). The van der Waals surface area contributed by atoms with Crippen LogP contribution < -0.4 is 15.4 Å². The van der Waals surface area contributed by atoms with Crippen molar-refractivity contribution < 1.29 is 9.53 Å². The molecule has 4 rings (SSSR count). The minimum Gasteiger partial charge on any atom is -0.495 e. The van der Waals surface area contributed by atoms with Crippen LogP contribution in [0.4, 0.5) is 10.9 Å². The van der Waals surface area contributed by atoms with E-state index in [4.69, 9.17) is 16.3 Å². The van der Waals surface area contributed by atoms with Crippen LogP contribution in [0.15, 0.2) is 76.2 Å². The molecule has 2 N–H and O–H groups in total. The molecule has 0 atom stereocenters. The molecule has 0 aliphatic heterocycles. The van der Waals surface area contributed by atoms with E-state index < -0.39 is 0 Å². The first kappa shape index (κ1) is 23.0. The number of amides is 1. The molecule has 4 aromatic rings. The van der Waals surface area contributed by atoms with Crippen LogP contribution in [0.2, 0.25) is 5.02 Å². The first-order chi connectivity index (χ1) is 16.1. The number of pyridine rings is 2. The summed E-state index contributed by atoms with van der Waals surface area (Å²) in [7, 11) is 1.58. The minimum atomic E-state index is -0.223. The molecular formula is C23H20ClN5O2S2. The van der Waals surface area contributed by atoms with Crippen molar-refractivity contribution in [3.05, 3.63) is 83.4 Å². The van der Waals surface area contributed by atoms with Gasteiger partial charge < -0.3 is 15.4 Å². The molecule has 0 saturated heterocycles. The molecule has 3 aromatic heterocycles. The molecule has 1 amide bonds. The number of nitrogens with zero attached hydrogens (tertiary/aromatic N) is 3. The van der Waals surface area contributed by atoms with Crippen molar-refractivity contribution in [2.45, 2.75) is 15.5 Å². The summed E-state index contributed by atoms with van der Waals surface area (Å²) in [6, 6.07) is 14.9. The molecule has 33 heavy (non-hydrogen) atoms. The van der Waals surface area contributed by atoms with Crippen molar-refractivity contribution >= 4 is 51.6 Å². The highest BCUT2D eigenvalue weighted by Gasteiger charge is 2.10. The Morgan fingerprint density at radius 1 is 1.12 bits per heavy atom. The van der Waals surface area contributed by atoms with Crippen LogP contribution >= 0.6 is 34.7 Å². The first-order valence-electron chi connectivity index (χ1n) is 9.99. The SMILES string of the molecule is COc1ccc(CCNC(=O)c2cc(Sc3cnc(Nc4ccccn4)s3)ccn2)cc1Cl. The molecule has 3 heterocycles. The molecule has 0 spiro atoms. The summed E-state index contributed by atoms with van der Waals surface area (Å²) in [6.45, 7) is 0.470. The van der Waals surface area contributed by atoms with Crippen molar-refractivity contribution in [3.8, 4) is 5.75 Å². The number of anilines is 2. The van der Waals surface area contributed by atoms with Crippen LogP contribution in [-0.2, 0) is 6.42 Å². The maximum absolute atomic E-state index is 12.6. The van der Waals surface area contributed by atoms with Crippen LogP contribution in [-0.4, -0.2) is 34.5 Å². The second-order valence-electron chi connectivity index (χ2n) is 6.78. The van der Waals surface area contributed by atoms with E-state index in [9.17, 15) is 4.79 Å². The molecule has 10 heteroatoms. The lowest BCUT2D eigenvalue weighted by Crippen LogP contribution is -2.26. The Labute approximate surface area is 204 Å². The van der Waals surface area contributed by atoms with Crippen molar-refractivity contribution in [1.29, 1.82) is 0 Å². The van der Waals surface area contributed by atoms with Crippen LogP contribution in [0.3, 0.4) is 0 Å². The third-order valence-electron chi connectivity index (χ3n) is 4.48. The normalized spacial score (nSPS) is 10.6. The van der Waals surface area contributed by atoms with Crippen molar-refractivity contribution in [2.24, 2.45) is 0 Å². The number of hydrogen-bond donors (Lipinski definition) is 2. The lowest BCUT2D eigenvalue weighted by atomic mass is 10.1. The van der Waals surface area contributed by atoms with Gasteiger partial charge in [0.1, 0.15) is 17.3 Å². The quantitative estimate of drug-likeness (QED) is 0.317. The molecule has 0 aliphatic carbocycles. The van der Waals surface area contributed by atoms with E-state index in [1.54, 1.807) is 31.8 Å². The zero-order valence-electron chi connectivity index (χ0n) is 17.6. The van der Waals surface area contributed by atoms with Gasteiger partial charge in [0.15, 0.2) is 5.13 Å². The zero-order chi connectivity index (χ0) is 23.0. The highest BCUT2D eigenvalue weighted by Crippen LogP contribution is 2.34. The number of aromatic nitrogens is 3. The molecule has 0 fully saturated rings. The third-order valence-corrected chi connectivity index (χ3v) is 6.78. The molecule has 0 aliphatic rings. The molecule has 0 unspecified atom stereocenters. The Morgan fingerprint density at radius 2 is 2.03 bits per heavy atom. The Balaban J connectivity index is 1.32. The summed E-state index contributed by atoms with van der Waals surface area (Å²) in [5, 5.41) is 7.39. The smallest absolute Gasteiger partial charge is 0.269 e. The van der Waals surface area contributed by atoms with Gasteiger partial charge in [-0.25, -0.2) is 9.97 Å². The lowest BCUT2D eigenvalue weighted by molar-refractivity contribution is 0.0949. The van der Waals surface area contributed by atoms with E-state index in [-0.39, 0.29) is 5.91 Å². The topological polar surface area (TPSA) is 89.0 Å². The number of nitrogens with one attached hydrogen (secondary N) is 2. The van der Waals surface area contributed by atoms with Gasteiger partial charge in [0, 0.05) is 23.8 Å². The number of hydrogen-bond acceptors (Lipinski definition) is 8. The van der Waals surface area contributed by atoms with Crippen LogP contribution in [0, 0.1) is 0 Å². The maximum atomic E-state index is 12.6. The number of thiazole rings is 1. The van der Waals surface area contributed by atoms with Gasteiger partial charge >= 0.3 is 0 Å². The molecule has 0 radical (unpaired) electrons. The van der Waals surface area contributed by atoms with E-state index in [1.807, 2.05) is 42.5 Å². The summed E-state index contributed by atoms with van der Waals surface area (Å²) >= 11 is 9.19. The van der Waals surface area contributed by atoms with E-state index in [1.165, 1.54) is 23.1 Å². The van der Waals surface area contributed by atoms with Crippen LogP contribution in [0.5, 0.6) is 5.75 Å². The van der Waals surface area contributed by atoms with Gasteiger partial charge in [0.05, 0.1) is 22.5 Å². The minimum absolute atomic E-state index is 0.223. The van der Waals surface area contributed by atoms with Gasteiger partial charge in [-0.3, -0.25) is 9.78 Å². The number of carbonyl (C=O) groups is 1. The van der Waals surface area contributed by atoms with Crippen LogP contribution in [0.1, 0.15) is 16.1 Å². The summed E-state index contributed by atoms with van der Waals surface area (Å²) < 4.78 is 6.15. The fourth-order valence-electron chi connectivity index (χ4n) is 2.90. The van der Waals surface area contributed by atoms with Crippen LogP contribution in [0.25, 0.3) is 0 Å². The lowest BCUT2D eigenvalue weighted by Gasteiger charge is -2.08. The molecule has 1 aromatic carbocycles. The second-order valence-corrected chi connectivity index (χ2v) is 9.59. The number of methoxy groups -OCH3 is 1. The van der Waals surface area contributed by atoms with Gasteiger partial charge in [-0.15, -0.1) is 0 Å². The summed E-state index contributed by atoms with van der Waals surface area (Å²) in [5.74, 6) is 1.14. The van der Waals surface area contributed by atoms with Crippen molar-refractivity contribution in [1.82, 2.24) is 20.3 Å². The van der Waals surface area contributed by atoms with Crippen molar-refractivity contribution in [3.63, 3.8) is 0 Å². The Bertz CT molecular complexity index is 1240. The second kappa shape index (κ2) is 11.1. The van der Waals surface area contributed by atoms with E-state index in [0.717, 1.165) is 25.6 Å². The van der Waals surface area contributed by atoms with E-state index in [0.29, 0.717) is 29.4 Å². The Kier molecular flexibility index (Phi) is 7.77. The average molecular weight is 498 g/mol. The summed E-state index contributed by atoms with van der Waals surface area (Å²) in [4.78, 5) is 26.3. The highest BCUT2D eigenvalue weighted by atomic mass is 35.5. The predicted octanol–water partition coefficient (Wildman–Crippen LogP) is 5.46. The molecule has 0 saturated carbocycles. The van der Waals surface area contributed by atoms with E-state index >= 15 is 0 Å².